The van der Waals surface area contributed by atoms with Gasteiger partial charge in [-0.2, -0.15) is 30.2 Å². The number of methoxy groups -OCH3 is 3. The quantitative estimate of drug-likeness (QED) is 0.0316. The van der Waals surface area contributed by atoms with Crippen molar-refractivity contribution in [3.8, 4) is 0 Å². The Morgan fingerprint density at radius 1 is 0.509 bits per heavy atom. The monoisotopic (exact) mass is 1540 g/mol. The van der Waals surface area contributed by atoms with E-state index in [-0.39, 0.29) is 104 Å². The number of fused-ring (bicyclic) bond motifs is 6. The highest BCUT2D eigenvalue weighted by molar-refractivity contribution is 6.54. The molecule has 16 heterocycles. The second-order valence-corrected chi connectivity index (χ2v) is 31.6. The largest absolute Gasteiger partial charge is 0.492 e. The lowest BCUT2D eigenvalue weighted by atomic mass is 9.79. The van der Waals surface area contributed by atoms with Crippen LogP contribution in [0, 0.1) is 20.8 Å². The van der Waals surface area contributed by atoms with E-state index in [1.807, 2.05) is 78.9 Å². The van der Waals surface area contributed by atoms with Crippen LogP contribution in [0.15, 0.2) is 54.0 Å². The molecule has 596 valence electrons. The standard InChI is InChI=1S/C23H33N7O3.C23H31N7O3.C19H26ClN7O2.C10H17BO3.CH4/c2*1-14-9-21(28-27-14)25-20-12-19(15-7-8-33-13-15)24-22(26-20)29(2)18-10-16-5-4-6-17(11-18)30(16)23(31)32-3;1-11-7-17(25-24-11)22-16-10-15(20)21-18(23-16)26(2)14-8-12-5-4-6-13(9-14)27(12)19(28)29-3;1-9(2)10(3,4)14-11(13-9)8-5-6-12-7-8;/h9,12,15-18H,4-8,10-11,13H2,1-3H3,(H2,24,25,26,27,28);7,9,12,16-18H,4-6,8,10-11,13H2,1-3H3,(H2,24,25,26,27,28);7,10,12-14H,4-6,8-9H2,1-3H3,(H2,21,22,23,24,25);5H,6-7H2,1-4H3;1H4/t15?,16-,17+,18?;16-,17+,18?;12-,13+,14?;;. The molecule has 6 bridgehead atoms. The van der Waals surface area contributed by atoms with Gasteiger partial charge in [0, 0.05) is 147 Å². The first-order chi connectivity index (χ1) is 52.4. The summed E-state index contributed by atoms with van der Waals surface area (Å²) in [6, 6.07) is 13.3. The molecule has 6 N–H and O–H groups in total. The number of carbonyl (C=O) groups is 3. The number of halogens is 1. The van der Waals surface area contributed by atoms with Crippen LogP contribution in [0.4, 0.5) is 67.1 Å². The van der Waals surface area contributed by atoms with Crippen molar-refractivity contribution in [1.29, 1.82) is 0 Å². The molecule has 0 aromatic carbocycles. The smallest absolute Gasteiger partial charge is 0.453 e. The fraction of sp³-hybridized carbons (Fsp3) is 0.632. The Morgan fingerprint density at radius 2 is 0.900 bits per heavy atom. The van der Waals surface area contributed by atoms with Crippen LogP contribution < -0.4 is 30.7 Å². The van der Waals surface area contributed by atoms with Gasteiger partial charge in [0.15, 0.2) is 17.5 Å². The first-order valence-corrected chi connectivity index (χ1v) is 38.7. The number of hydrogen-bond donors (Lipinski definition) is 6. The van der Waals surface area contributed by atoms with Gasteiger partial charge in [0.05, 0.1) is 77.0 Å². The zero-order chi connectivity index (χ0) is 76.8. The van der Waals surface area contributed by atoms with Gasteiger partial charge in [-0.1, -0.05) is 31.2 Å². The van der Waals surface area contributed by atoms with Crippen LogP contribution in [0.25, 0.3) is 5.57 Å². The van der Waals surface area contributed by atoms with Crippen molar-refractivity contribution in [3.63, 3.8) is 0 Å². The van der Waals surface area contributed by atoms with Gasteiger partial charge in [0.2, 0.25) is 17.8 Å². The summed E-state index contributed by atoms with van der Waals surface area (Å²) in [7, 11) is 10.3. The molecule has 6 aromatic heterocycles. The first-order valence-electron chi connectivity index (χ1n) is 38.3. The molecule has 4 unspecified atom stereocenters. The lowest BCUT2D eigenvalue weighted by molar-refractivity contribution is 0.00578. The number of amides is 3. The fourth-order valence-corrected chi connectivity index (χ4v) is 17.0. The molecule has 8 fully saturated rings. The molecule has 34 heteroatoms. The number of piperidine rings is 6. The molecule has 32 nitrogen and oxygen atoms in total. The number of anilines is 9. The van der Waals surface area contributed by atoms with Crippen molar-refractivity contribution in [2.24, 2.45) is 0 Å². The lowest BCUT2D eigenvalue weighted by Gasteiger charge is -2.49. The van der Waals surface area contributed by atoms with Crippen molar-refractivity contribution in [3.05, 3.63) is 87.6 Å². The lowest BCUT2D eigenvalue weighted by Crippen LogP contribution is -2.58. The Labute approximate surface area is 650 Å². The number of aromatic amines is 3. The van der Waals surface area contributed by atoms with Gasteiger partial charge in [-0.25, -0.2) is 29.3 Å². The summed E-state index contributed by atoms with van der Waals surface area (Å²) in [5.41, 5.74) is 6.43. The van der Waals surface area contributed by atoms with E-state index in [1.54, 1.807) is 6.07 Å². The number of aryl methyl sites for hydroxylation is 3. The molecule has 0 saturated carbocycles. The van der Waals surface area contributed by atoms with Crippen LogP contribution in [0.3, 0.4) is 0 Å². The number of nitrogens with zero attached hydrogens (tertiary/aromatic N) is 15. The third-order valence-electron chi connectivity index (χ3n) is 23.3. The molecule has 10 aliphatic heterocycles. The summed E-state index contributed by atoms with van der Waals surface area (Å²) in [6.07, 6.45) is 19.2. The molecular formula is C76H111BClN21O11. The summed E-state index contributed by atoms with van der Waals surface area (Å²) in [5.74, 6) is 6.30. The second kappa shape index (κ2) is 35.2. The van der Waals surface area contributed by atoms with Gasteiger partial charge < -0.3 is 83.1 Å². The van der Waals surface area contributed by atoms with Crippen molar-refractivity contribution >= 4 is 95.3 Å². The maximum absolute atomic E-state index is 12.4. The summed E-state index contributed by atoms with van der Waals surface area (Å²) in [5, 5.41) is 31.7. The van der Waals surface area contributed by atoms with Crippen LogP contribution in [0.5, 0.6) is 0 Å². The number of nitrogens with one attached hydrogen (secondary N) is 6. The topological polar surface area (TPSA) is 344 Å². The normalized spacial score (nSPS) is 25.3. The number of aromatic nitrogens is 12. The Balaban J connectivity index is 0.000000141. The van der Waals surface area contributed by atoms with Crippen molar-refractivity contribution in [2.45, 2.75) is 230 Å². The molecule has 10 atom stereocenters. The predicted molar refractivity (Wildman–Crippen MR) is 421 cm³/mol. The Hall–Kier alpha value is -8.89. The van der Waals surface area contributed by atoms with Gasteiger partial charge in [0.1, 0.15) is 22.6 Å². The van der Waals surface area contributed by atoms with Gasteiger partial charge in [-0.3, -0.25) is 15.3 Å². The van der Waals surface area contributed by atoms with Gasteiger partial charge in [-0.15, -0.1) is 0 Å². The molecule has 10 aliphatic rings. The van der Waals surface area contributed by atoms with Gasteiger partial charge in [-0.05, 0) is 157 Å². The molecule has 3 amide bonds. The predicted octanol–water partition coefficient (Wildman–Crippen LogP) is 12.3. The van der Waals surface area contributed by atoms with E-state index < -0.39 is 0 Å². The third-order valence-corrected chi connectivity index (χ3v) is 23.5. The van der Waals surface area contributed by atoms with Crippen molar-refractivity contribution in [2.75, 3.05) is 113 Å². The number of rotatable bonds is 15. The molecular weight excluding hydrogens is 1430 g/mol. The summed E-state index contributed by atoms with van der Waals surface area (Å²) < 4.78 is 43.3. The molecule has 16 rings (SSSR count). The summed E-state index contributed by atoms with van der Waals surface area (Å²) >= 11 is 6.27. The maximum Gasteiger partial charge on any atom is 0.492 e. The van der Waals surface area contributed by atoms with E-state index in [9.17, 15) is 14.4 Å². The minimum atomic E-state index is -0.249. The average molecular weight is 1540 g/mol. The maximum atomic E-state index is 12.4. The minimum absolute atomic E-state index is 0. The molecule has 0 radical (unpaired) electrons. The highest BCUT2D eigenvalue weighted by Gasteiger charge is 2.53. The van der Waals surface area contributed by atoms with Crippen molar-refractivity contribution < 1.29 is 52.1 Å². The van der Waals surface area contributed by atoms with E-state index in [2.05, 4.69) is 119 Å². The van der Waals surface area contributed by atoms with Crippen LogP contribution in [0.1, 0.15) is 172 Å². The zero-order valence-electron chi connectivity index (χ0n) is 65.1. The average Bonchev–Trinajstić information content (AvgIpc) is 1.64. The molecule has 0 spiro atoms. The van der Waals surface area contributed by atoms with Crippen molar-refractivity contribution in [1.82, 2.24) is 75.2 Å². The van der Waals surface area contributed by atoms with E-state index in [1.165, 1.54) is 21.3 Å². The number of carbonyl (C=O) groups excluding carboxylic acids is 3. The SMILES string of the molecule is C.CC1(C)OB(C2=CCOC2)OC1(C)C.COC(=O)N1[C@@H]2CCC[C@H]1CC(N(C)c1nc(Cl)cc(Nc3cc(C)[nH]n3)n1)C2.COC(=O)N1[C@@H]2CCC[C@H]1CC(N(C)c1nc(Nc3cc(C)[nH]n3)cc(C3=CCOC3)n1)C2.COC(=O)N1[C@@H]2CCC[C@H]1CC(N(C)c1nc(Nc3cc(C)[nH]n3)cc(C3CCOC3)n1)C2. The summed E-state index contributed by atoms with van der Waals surface area (Å²) in [6.45, 7) is 18.0. The number of ether oxygens (including phenoxy) is 6. The molecule has 0 aliphatic carbocycles. The van der Waals surface area contributed by atoms with E-state index in [0.717, 1.165) is 160 Å². The van der Waals surface area contributed by atoms with Crippen LogP contribution in [-0.2, 0) is 37.7 Å². The minimum Gasteiger partial charge on any atom is -0.453 e. The van der Waals surface area contributed by atoms with E-state index >= 15 is 0 Å². The van der Waals surface area contributed by atoms with Gasteiger partial charge >= 0.3 is 25.4 Å². The first kappa shape index (κ1) is 80.6. The Kier molecular flexibility index (Phi) is 25.8. The summed E-state index contributed by atoms with van der Waals surface area (Å²) in [4.78, 5) is 77.9. The van der Waals surface area contributed by atoms with Crippen LogP contribution in [0.2, 0.25) is 5.15 Å². The van der Waals surface area contributed by atoms with Crippen LogP contribution in [-0.4, -0.2) is 248 Å². The second-order valence-electron chi connectivity index (χ2n) is 31.2. The highest BCUT2D eigenvalue weighted by atomic mass is 35.5. The highest BCUT2D eigenvalue weighted by Crippen LogP contribution is 2.43. The third kappa shape index (κ3) is 18.7. The van der Waals surface area contributed by atoms with E-state index in [0.29, 0.717) is 79.3 Å². The van der Waals surface area contributed by atoms with Crippen LogP contribution >= 0.6 is 11.6 Å². The fourth-order valence-electron chi connectivity index (χ4n) is 16.8. The molecule has 8 saturated heterocycles. The molecule has 6 aromatic rings. The van der Waals surface area contributed by atoms with E-state index in [4.69, 9.17) is 69.3 Å². The Bertz CT molecular complexity index is 4150. The molecule has 110 heavy (non-hydrogen) atoms. The number of hydrogen-bond acceptors (Lipinski definition) is 26. The van der Waals surface area contributed by atoms with Gasteiger partial charge in [0.25, 0.3) is 0 Å². The Morgan fingerprint density at radius 3 is 1.26 bits per heavy atom. The number of H-pyrrole nitrogens is 3. The zero-order valence-corrected chi connectivity index (χ0v) is 65.9.